The number of pyridine rings is 1. The summed E-state index contributed by atoms with van der Waals surface area (Å²) in [4.78, 5) is 33.4. The molecule has 0 bridgehead atoms. The maximum absolute atomic E-state index is 13.2. The SMILES string of the molecule is Cc1ccc(OCC(=O)N2CC(C)N(Cc3ccc(F)cc3)CC2C)c(CCC(=O)NS(C)(=O)=O)n1. The van der Waals surface area contributed by atoms with Crippen LogP contribution in [0, 0.1) is 12.7 Å². The van der Waals surface area contributed by atoms with Gasteiger partial charge in [-0.1, -0.05) is 12.1 Å². The summed E-state index contributed by atoms with van der Waals surface area (Å²) in [5.41, 5.74) is 2.21. The van der Waals surface area contributed by atoms with E-state index in [1.165, 1.54) is 12.1 Å². The number of ether oxygens (including phenoxy) is 1. The predicted octanol–water partition coefficient (Wildman–Crippen LogP) is 2.04. The molecule has 11 heteroatoms. The van der Waals surface area contributed by atoms with Crippen molar-refractivity contribution in [2.75, 3.05) is 26.0 Å². The van der Waals surface area contributed by atoms with Gasteiger partial charge < -0.3 is 9.64 Å². The highest BCUT2D eigenvalue weighted by Crippen LogP contribution is 2.21. The van der Waals surface area contributed by atoms with Crippen LogP contribution in [0.15, 0.2) is 36.4 Å². The zero-order valence-corrected chi connectivity index (χ0v) is 21.8. The largest absolute Gasteiger partial charge is 0.482 e. The zero-order chi connectivity index (χ0) is 26.5. The second-order valence-electron chi connectivity index (χ2n) is 9.28. The van der Waals surface area contributed by atoms with Crippen LogP contribution in [0.3, 0.4) is 0 Å². The molecule has 1 N–H and O–H groups in total. The van der Waals surface area contributed by atoms with Gasteiger partial charge >= 0.3 is 0 Å². The Hall–Kier alpha value is -3.05. The first-order valence-corrected chi connectivity index (χ1v) is 13.7. The van der Waals surface area contributed by atoms with E-state index in [2.05, 4.69) is 16.8 Å². The lowest BCUT2D eigenvalue weighted by molar-refractivity contribution is -0.139. The second kappa shape index (κ2) is 11.8. The third kappa shape index (κ3) is 7.99. The van der Waals surface area contributed by atoms with E-state index in [0.29, 0.717) is 36.8 Å². The fraction of sp³-hybridized carbons (Fsp3) is 0.480. The fourth-order valence-corrected chi connectivity index (χ4v) is 4.73. The van der Waals surface area contributed by atoms with E-state index in [0.717, 1.165) is 11.8 Å². The molecule has 2 aromatic rings. The van der Waals surface area contributed by atoms with Crippen molar-refractivity contribution in [2.45, 2.75) is 52.2 Å². The Labute approximate surface area is 211 Å². The summed E-state index contributed by atoms with van der Waals surface area (Å²) in [7, 11) is -3.63. The summed E-state index contributed by atoms with van der Waals surface area (Å²) in [5.74, 6) is -0.669. The first-order valence-electron chi connectivity index (χ1n) is 11.8. The van der Waals surface area contributed by atoms with Gasteiger partial charge in [0.25, 0.3) is 5.91 Å². The average Bonchev–Trinajstić information content (AvgIpc) is 2.79. The Morgan fingerprint density at radius 1 is 1.11 bits per heavy atom. The van der Waals surface area contributed by atoms with Crippen molar-refractivity contribution >= 4 is 21.8 Å². The third-order valence-electron chi connectivity index (χ3n) is 6.05. The topological polar surface area (TPSA) is 109 Å². The molecule has 196 valence electrons. The van der Waals surface area contributed by atoms with Crippen LogP contribution in [0.5, 0.6) is 5.75 Å². The molecule has 1 saturated heterocycles. The van der Waals surface area contributed by atoms with Gasteiger partial charge in [0.1, 0.15) is 11.6 Å². The summed E-state index contributed by atoms with van der Waals surface area (Å²) in [5, 5.41) is 0. The Bertz CT molecular complexity index is 1190. The number of aromatic nitrogens is 1. The molecule has 2 heterocycles. The number of benzene rings is 1. The van der Waals surface area contributed by atoms with E-state index < -0.39 is 15.9 Å². The van der Waals surface area contributed by atoms with Gasteiger partial charge in [0, 0.05) is 50.3 Å². The summed E-state index contributed by atoms with van der Waals surface area (Å²) in [6.45, 7) is 7.55. The van der Waals surface area contributed by atoms with Crippen LogP contribution in [0.4, 0.5) is 4.39 Å². The minimum Gasteiger partial charge on any atom is -0.482 e. The molecule has 3 rings (SSSR count). The van der Waals surface area contributed by atoms with Gasteiger partial charge in [-0.05, 0) is 50.6 Å². The van der Waals surface area contributed by atoms with Gasteiger partial charge in [0.15, 0.2) is 6.61 Å². The van der Waals surface area contributed by atoms with Gasteiger partial charge in [-0.15, -0.1) is 0 Å². The van der Waals surface area contributed by atoms with E-state index in [4.69, 9.17) is 4.74 Å². The Morgan fingerprint density at radius 3 is 2.47 bits per heavy atom. The lowest BCUT2D eigenvalue weighted by atomic mass is 10.1. The molecule has 1 aromatic carbocycles. The number of carbonyl (C=O) groups excluding carboxylic acids is 2. The summed E-state index contributed by atoms with van der Waals surface area (Å²) < 4.78 is 43.4. The number of sulfonamides is 1. The number of rotatable bonds is 9. The first-order chi connectivity index (χ1) is 16.9. The number of amides is 2. The summed E-state index contributed by atoms with van der Waals surface area (Å²) in [6.07, 6.45) is 1.00. The number of nitrogens with zero attached hydrogens (tertiary/aromatic N) is 3. The summed E-state index contributed by atoms with van der Waals surface area (Å²) in [6, 6.07) is 9.98. The normalized spacial score (nSPS) is 18.6. The van der Waals surface area contributed by atoms with E-state index >= 15 is 0 Å². The molecule has 0 spiro atoms. The number of nitrogens with one attached hydrogen (secondary N) is 1. The molecule has 0 aliphatic carbocycles. The molecule has 36 heavy (non-hydrogen) atoms. The van der Waals surface area contributed by atoms with Crippen molar-refractivity contribution in [1.29, 1.82) is 0 Å². The Balaban J connectivity index is 1.57. The first kappa shape index (κ1) is 27.5. The zero-order valence-electron chi connectivity index (χ0n) is 21.0. The molecule has 0 saturated carbocycles. The number of aryl methyl sites for hydroxylation is 2. The van der Waals surface area contributed by atoms with E-state index in [-0.39, 0.29) is 43.3 Å². The van der Waals surface area contributed by atoms with Gasteiger partial charge in [-0.25, -0.2) is 12.8 Å². The fourth-order valence-electron chi connectivity index (χ4n) is 4.21. The maximum Gasteiger partial charge on any atom is 0.260 e. The lowest BCUT2D eigenvalue weighted by Crippen LogP contribution is -2.58. The quantitative estimate of drug-likeness (QED) is 0.539. The third-order valence-corrected chi connectivity index (χ3v) is 6.64. The molecular weight excluding hydrogens is 487 g/mol. The number of hydrogen-bond donors (Lipinski definition) is 1. The van der Waals surface area contributed by atoms with Gasteiger partial charge in [0.05, 0.1) is 11.9 Å². The van der Waals surface area contributed by atoms with Crippen LogP contribution in [-0.2, 0) is 32.6 Å². The van der Waals surface area contributed by atoms with Crippen molar-refractivity contribution in [3.8, 4) is 5.75 Å². The molecule has 1 aliphatic rings. The highest BCUT2D eigenvalue weighted by Gasteiger charge is 2.32. The van der Waals surface area contributed by atoms with Crippen LogP contribution in [0.25, 0.3) is 0 Å². The van der Waals surface area contributed by atoms with E-state index in [9.17, 15) is 22.4 Å². The molecule has 0 radical (unpaired) electrons. The summed E-state index contributed by atoms with van der Waals surface area (Å²) >= 11 is 0. The molecule has 1 aromatic heterocycles. The van der Waals surface area contributed by atoms with Crippen LogP contribution in [0.2, 0.25) is 0 Å². The molecule has 2 amide bonds. The Kier molecular flexibility index (Phi) is 9.02. The smallest absolute Gasteiger partial charge is 0.260 e. The van der Waals surface area contributed by atoms with Crippen molar-refractivity contribution in [3.63, 3.8) is 0 Å². The van der Waals surface area contributed by atoms with Crippen molar-refractivity contribution in [3.05, 3.63) is 59.2 Å². The molecular formula is C25H33FN4O5S. The minimum atomic E-state index is -3.63. The van der Waals surface area contributed by atoms with Crippen LogP contribution in [-0.4, -0.2) is 73.1 Å². The monoisotopic (exact) mass is 520 g/mol. The van der Waals surface area contributed by atoms with Gasteiger partial charge in [-0.3, -0.25) is 24.2 Å². The van der Waals surface area contributed by atoms with Gasteiger partial charge in [-0.2, -0.15) is 0 Å². The van der Waals surface area contributed by atoms with Crippen molar-refractivity contribution in [1.82, 2.24) is 19.5 Å². The highest BCUT2D eigenvalue weighted by molar-refractivity contribution is 7.89. The van der Waals surface area contributed by atoms with E-state index in [1.54, 1.807) is 36.1 Å². The Morgan fingerprint density at radius 2 is 1.81 bits per heavy atom. The van der Waals surface area contributed by atoms with Crippen LogP contribution < -0.4 is 9.46 Å². The molecule has 1 fully saturated rings. The predicted molar refractivity (Wildman–Crippen MR) is 133 cm³/mol. The number of carbonyl (C=O) groups is 2. The molecule has 2 unspecified atom stereocenters. The molecule has 9 nitrogen and oxygen atoms in total. The molecule has 1 aliphatic heterocycles. The van der Waals surface area contributed by atoms with E-state index in [1.807, 2.05) is 11.6 Å². The van der Waals surface area contributed by atoms with Crippen molar-refractivity contribution in [2.24, 2.45) is 0 Å². The second-order valence-corrected chi connectivity index (χ2v) is 11.0. The van der Waals surface area contributed by atoms with Crippen molar-refractivity contribution < 1.29 is 27.1 Å². The lowest BCUT2D eigenvalue weighted by Gasteiger charge is -2.44. The average molecular weight is 521 g/mol. The van der Waals surface area contributed by atoms with Crippen LogP contribution >= 0.6 is 0 Å². The standard InChI is InChI=1S/C25H33FN4O5S/c1-17-5-11-23(22(27-17)10-12-24(31)28-36(4,33)34)35-16-25(32)30-14-18(2)29(13-19(30)3)15-20-6-8-21(26)9-7-20/h5-9,11,18-19H,10,12-16H2,1-4H3,(H,28,31). The number of halogens is 1. The highest BCUT2D eigenvalue weighted by atomic mass is 32.2. The number of piperazine rings is 1. The maximum atomic E-state index is 13.2. The minimum absolute atomic E-state index is 0.0342. The van der Waals surface area contributed by atoms with Gasteiger partial charge in [0.2, 0.25) is 15.9 Å². The molecule has 2 atom stereocenters. The number of hydrogen-bond acceptors (Lipinski definition) is 7. The van der Waals surface area contributed by atoms with Crippen LogP contribution in [0.1, 0.15) is 37.2 Å².